The first-order valence-corrected chi connectivity index (χ1v) is 25.0. The Balaban J connectivity index is 0.970. The van der Waals surface area contributed by atoms with Crippen LogP contribution in [0, 0.1) is 5.92 Å². The van der Waals surface area contributed by atoms with Crippen molar-refractivity contribution in [3.63, 3.8) is 0 Å². The molecule has 0 spiro atoms. The molecular weight excluding hydrogens is 949 g/mol. The molecule has 0 atom stereocenters. The number of alkyl halides is 6. The van der Waals surface area contributed by atoms with E-state index in [2.05, 4.69) is 97.1 Å². The first-order valence-electron chi connectivity index (χ1n) is 25.0. The number of hydrogen-bond acceptors (Lipinski definition) is 3. The second-order valence-corrected chi connectivity index (χ2v) is 18.8. The normalized spacial score (nSPS) is 11.8. The van der Waals surface area contributed by atoms with Gasteiger partial charge in [-0.3, -0.25) is 15.0 Å². The Morgan fingerprint density at radius 2 is 0.693 bits per heavy atom. The molecule has 0 radical (unpaired) electrons. The fourth-order valence-corrected chi connectivity index (χ4v) is 9.66. The fraction of sp³-hybridized carbons (Fsp3) is 0.136. The maximum atomic E-state index is 13.2. The maximum absolute atomic E-state index is 13.2. The van der Waals surface area contributed by atoms with Crippen molar-refractivity contribution in [2.75, 3.05) is 0 Å². The molecule has 10 aromatic rings. The SMILES string of the molecule is FC(F)(F)C(CCc1ccc(-c2ccc(-c3cc(-c4ccccc4)ncc3-c3ccccc3-c3cc(CCc4ccc(-c5ccccc5)nc4)cc(CCc4ccc(-c5ccccc5)nc4)c3)cc2)cc1)C(F)(F)F. The van der Waals surface area contributed by atoms with Crippen LogP contribution < -0.4 is 0 Å². The van der Waals surface area contributed by atoms with Crippen molar-refractivity contribution >= 4 is 0 Å². The number of nitrogens with zero attached hydrogens (tertiary/aromatic N) is 3. The zero-order valence-corrected chi connectivity index (χ0v) is 40.9. The monoisotopic (exact) mass is 999 g/mol. The Morgan fingerprint density at radius 1 is 0.280 bits per heavy atom. The first kappa shape index (κ1) is 50.1. The zero-order valence-electron chi connectivity index (χ0n) is 40.9. The average molecular weight is 1000 g/mol. The van der Waals surface area contributed by atoms with E-state index in [9.17, 15) is 26.3 Å². The lowest BCUT2D eigenvalue weighted by Gasteiger charge is -2.22. The number of aryl methyl sites for hydroxylation is 5. The summed E-state index contributed by atoms with van der Waals surface area (Å²) in [5.41, 5.74) is 18.7. The van der Waals surface area contributed by atoms with E-state index < -0.39 is 24.7 Å². The van der Waals surface area contributed by atoms with Crippen molar-refractivity contribution in [1.29, 1.82) is 0 Å². The van der Waals surface area contributed by atoms with Gasteiger partial charge in [-0.1, -0.05) is 194 Å². The van der Waals surface area contributed by atoms with Gasteiger partial charge in [-0.05, 0) is 123 Å². The van der Waals surface area contributed by atoms with Crippen molar-refractivity contribution in [3.8, 4) is 78.3 Å². The molecule has 0 N–H and O–H groups in total. The lowest BCUT2D eigenvalue weighted by atomic mass is 9.87. The van der Waals surface area contributed by atoms with Gasteiger partial charge in [-0.2, -0.15) is 26.3 Å². The van der Waals surface area contributed by atoms with Gasteiger partial charge in [0.15, 0.2) is 5.92 Å². The van der Waals surface area contributed by atoms with Gasteiger partial charge in [0.1, 0.15) is 0 Å². The van der Waals surface area contributed by atoms with E-state index in [0.717, 1.165) is 115 Å². The third-order valence-electron chi connectivity index (χ3n) is 13.7. The highest BCUT2D eigenvalue weighted by Crippen LogP contribution is 2.43. The van der Waals surface area contributed by atoms with Gasteiger partial charge < -0.3 is 0 Å². The Bertz CT molecular complexity index is 3350. The van der Waals surface area contributed by atoms with Crippen molar-refractivity contribution < 1.29 is 26.3 Å². The summed E-state index contributed by atoms with van der Waals surface area (Å²) in [4.78, 5) is 14.7. The van der Waals surface area contributed by atoms with Gasteiger partial charge in [0, 0.05) is 40.8 Å². The third-order valence-corrected chi connectivity index (χ3v) is 13.7. The molecule has 0 aliphatic heterocycles. The van der Waals surface area contributed by atoms with E-state index in [0.29, 0.717) is 5.56 Å². The van der Waals surface area contributed by atoms with E-state index in [4.69, 9.17) is 15.0 Å². The molecule has 9 heteroatoms. The topological polar surface area (TPSA) is 38.7 Å². The fourth-order valence-electron chi connectivity index (χ4n) is 9.66. The molecule has 10 rings (SSSR count). The minimum absolute atomic E-state index is 0.353. The minimum atomic E-state index is -5.36. The Labute approximate surface area is 433 Å². The summed E-state index contributed by atoms with van der Waals surface area (Å²) in [6.07, 6.45) is -2.97. The third kappa shape index (κ3) is 12.3. The summed E-state index contributed by atoms with van der Waals surface area (Å²) in [7, 11) is 0. The first-order chi connectivity index (χ1) is 36.4. The minimum Gasteiger partial charge on any atom is -0.256 e. The average Bonchev–Trinajstić information content (AvgIpc) is 3.45. The van der Waals surface area contributed by atoms with Crippen LogP contribution in [0.5, 0.6) is 0 Å². The summed E-state index contributed by atoms with van der Waals surface area (Å²) >= 11 is 0. The number of benzene rings is 7. The van der Waals surface area contributed by atoms with E-state index in [1.165, 1.54) is 11.1 Å². The van der Waals surface area contributed by atoms with E-state index >= 15 is 0 Å². The standard InChI is InChI=1S/C66H51F6N3/c67-65(68,69)64(66(70,71)72)37-28-45-24-29-50(30-25-45)51-31-33-52(34-32-51)59-41-63(55-16-8-3-9-17-55)75-44-60(59)58-19-11-10-18-57(58)56-39-48(22-20-46-26-35-61(73-42-46)53-12-4-1-5-13-53)38-49(40-56)23-21-47-27-36-62(74-43-47)54-14-6-2-7-15-54/h1-19,24-27,29-36,38-44,64H,20-23,28,37H2. The molecule has 0 saturated heterocycles. The molecule has 0 bridgehead atoms. The lowest BCUT2D eigenvalue weighted by Crippen LogP contribution is -2.36. The molecular formula is C66H51F6N3. The van der Waals surface area contributed by atoms with Gasteiger partial charge in [0.2, 0.25) is 0 Å². The number of hydrogen-bond donors (Lipinski definition) is 0. The summed E-state index contributed by atoms with van der Waals surface area (Å²) in [6.45, 7) is 0. The Kier molecular flexibility index (Phi) is 14.9. The molecule has 0 amide bonds. The highest BCUT2D eigenvalue weighted by Gasteiger charge is 2.55. The molecule has 0 aliphatic rings. The molecule has 0 fully saturated rings. The molecule has 372 valence electrons. The summed E-state index contributed by atoms with van der Waals surface area (Å²) in [6, 6.07) is 71.1. The molecule has 75 heavy (non-hydrogen) atoms. The molecule has 0 saturated carbocycles. The second-order valence-electron chi connectivity index (χ2n) is 18.8. The summed E-state index contributed by atoms with van der Waals surface area (Å²) < 4.78 is 79.4. The van der Waals surface area contributed by atoms with Gasteiger partial charge in [0.25, 0.3) is 0 Å². The predicted molar refractivity (Wildman–Crippen MR) is 290 cm³/mol. The highest BCUT2D eigenvalue weighted by molar-refractivity contribution is 5.93. The predicted octanol–water partition coefficient (Wildman–Crippen LogP) is 17.8. The van der Waals surface area contributed by atoms with Crippen LogP contribution in [-0.4, -0.2) is 27.3 Å². The van der Waals surface area contributed by atoms with Crippen LogP contribution in [0.15, 0.2) is 231 Å². The summed E-state index contributed by atoms with van der Waals surface area (Å²) in [5.74, 6) is -3.37. The van der Waals surface area contributed by atoms with Crippen LogP contribution in [0.2, 0.25) is 0 Å². The molecule has 3 aromatic heterocycles. The quantitative estimate of drug-likeness (QED) is 0.0906. The number of pyridine rings is 3. The van der Waals surface area contributed by atoms with Gasteiger partial charge in [-0.15, -0.1) is 0 Å². The number of halogens is 6. The van der Waals surface area contributed by atoms with Gasteiger partial charge >= 0.3 is 12.4 Å². The van der Waals surface area contributed by atoms with Crippen LogP contribution in [0.4, 0.5) is 26.3 Å². The summed E-state index contributed by atoms with van der Waals surface area (Å²) in [5, 5.41) is 0. The van der Waals surface area contributed by atoms with Crippen molar-refractivity contribution in [1.82, 2.24) is 15.0 Å². The highest BCUT2D eigenvalue weighted by atomic mass is 19.4. The zero-order chi connectivity index (χ0) is 51.8. The largest absolute Gasteiger partial charge is 0.400 e. The Hall–Kier alpha value is -8.43. The second kappa shape index (κ2) is 22.4. The molecule has 3 heterocycles. The van der Waals surface area contributed by atoms with Crippen LogP contribution in [0.3, 0.4) is 0 Å². The Morgan fingerprint density at radius 3 is 1.17 bits per heavy atom. The van der Waals surface area contributed by atoms with Gasteiger partial charge in [0.05, 0.1) is 17.1 Å². The molecule has 0 aliphatic carbocycles. The molecule has 7 aromatic carbocycles. The van der Waals surface area contributed by atoms with Gasteiger partial charge in [-0.25, -0.2) is 0 Å². The number of rotatable bonds is 16. The van der Waals surface area contributed by atoms with Crippen molar-refractivity contribution in [3.05, 3.63) is 259 Å². The molecule has 3 nitrogen and oxygen atoms in total. The van der Waals surface area contributed by atoms with Crippen molar-refractivity contribution in [2.45, 2.75) is 50.9 Å². The van der Waals surface area contributed by atoms with Crippen LogP contribution in [0.25, 0.3) is 78.3 Å². The van der Waals surface area contributed by atoms with E-state index in [1.807, 2.05) is 110 Å². The van der Waals surface area contributed by atoms with Crippen LogP contribution in [-0.2, 0) is 32.1 Å². The molecule has 0 unspecified atom stereocenters. The smallest absolute Gasteiger partial charge is 0.256 e. The van der Waals surface area contributed by atoms with E-state index in [-0.39, 0.29) is 6.42 Å². The van der Waals surface area contributed by atoms with Crippen LogP contribution in [0.1, 0.15) is 34.2 Å². The maximum Gasteiger partial charge on any atom is 0.400 e. The lowest BCUT2D eigenvalue weighted by molar-refractivity contribution is -0.285. The van der Waals surface area contributed by atoms with E-state index in [1.54, 1.807) is 24.3 Å². The van der Waals surface area contributed by atoms with Crippen molar-refractivity contribution in [2.24, 2.45) is 5.92 Å². The number of aromatic nitrogens is 3. The van der Waals surface area contributed by atoms with Crippen LogP contribution >= 0.6 is 0 Å².